The van der Waals surface area contributed by atoms with Crippen molar-refractivity contribution in [2.45, 2.75) is 12.6 Å². The van der Waals surface area contributed by atoms with Crippen LogP contribution in [0.5, 0.6) is 0 Å². The number of rotatable bonds is 1. The minimum absolute atomic E-state index is 0.287. The zero-order valence-electron chi connectivity index (χ0n) is 8.67. The van der Waals surface area contributed by atoms with Crippen LogP contribution in [0.2, 0.25) is 0 Å². The SMILES string of the molecule is [CH2][C@@H]1CCN(c2cncc(C(F)(F)F)c2)C1. The van der Waals surface area contributed by atoms with Gasteiger partial charge in [-0.25, -0.2) is 0 Å². The standard InChI is InChI=1S/C11H12F3N2/c1-8-2-3-16(7-8)10-4-9(5-15-6-10)11(12,13)14/h4-6,8H,1-3,7H2/t8-/m1/s1. The lowest BCUT2D eigenvalue weighted by Gasteiger charge is -2.18. The van der Waals surface area contributed by atoms with Gasteiger partial charge >= 0.3 is 6.18 Å². The smallest absolute Gasteiger partial charge is 0.370 e. The molecule has 16 heavy (non-hydrogen) atoms. The van der Waals surface area contributed by atoms with E-state index >= 15 is 0 Å². The predicted molar refractivity (Wildman–Crippen MR) is 54.9 cm³/mol. The summed E-state index contributed by atoms with van der Waals surface area (Å²) in [6, 6.07) is 1.14. The van der Waals surface area contributed by atoms with Gasteiger partial charge in [-0.2, -0.15) is 13.2 Å². The molecule has 0 N–H and O–H groups in total. The first-order valence-corrected chi connectivity index (χ1v) is 5.07. The second-order valence-corrected chi connectivity index (χ2v) is 4.03. The first kappa shape index (κ1) is 11.2. The Morgan fingerprint density at radius 3 is 2.69 bits per heavy atom. The molecule has 1 radical (unpaired) electrons. The molecule has 0 unspecified atom stereocenters. The molecule has 0 saturated carbocycles. The number of hydrogen-bond donors (Lipinski definition) is 0. The zero-order chi connectivity index (χ0) is 11.8. The topological polar surface area (TPSA) is 16.1 Å². The Balaban J connectivity index is 2.23. The van der Waals surface area contributed by atoms with Gasteiger partial charge in [-0.15, -0.1) is 0 Å². The molecule has 1 fully saturated rings. The van der Waals surface area contributed by atoms with Crippen LogP contribution >= 0.6 is 0 Å². The lowest BCUT2D eigenvalue weighted by atomic mass is 10.2. The Bertz CT molecular complexity index is 376. The van der Waals surface area contributed by atoms with Gasteiger partial charge in [0.25, 0.3) is 0 Å². The molecular formula is C11H12F3N2. The van der Waals surface area contributed by atoms with Crippen LogP contribution in [-0.4, -0.2) is 18.1 Å². The van der Waals surface area contributed by atoms with E-state index in [-0.39, 0.29) is 5.92 Å². The quantitative estimate of drug-likeness (QED) is 0.736. The summed E-state index contributed by atoms with van der Waals surface area (Å²) in [5.74, 6) is 0.287. The first-order chi connectivity index (χ1) is 7.47. The summed E-state index contributed by atoms with van der Waals surface area (Å²) in [4.78, 5) is 5.53. The fourth-order valence-corrected chi connectivity index (χ4v) is 1.82. The maximum atomic E-state index is 12.5. The third kappa shape index (κ3) is 2.28. The molecule has 2 rings (SSSR count). The molecule has 0 spiro atoms. The van der Waals surface area contributed by atoms with Crippen molar-refractivity contribution in [2.24, 2.45) is 5.92 Å². The molecule has 1 atom stereocenters. The monoisotopic (exact) mass is 229 g/mol. The minimum Gasteiger partial charge on any atom is -0.370 e. The summed E-state index contributed by atoms with van der Waals surface area (Å²) in [5, 5.41) is 0. The van der Waals surface area contributed by atoms with E-state index in [9.17, 15) is 13.2 Å². The number of alkyl halides is 3. The first-order valence-electron chi connectivity index (χ1n) is 5.07. The van der Waals surface area contributed by atoms with Crippen LogP contribution in [0.1, 0.15) is 12.0 Å². The van der Waals surface area contributed by atoms with E-state index in [1.54, 1.807) is 0 Å². The summed E-state index contributed by atoms with van der Waals surface area (Å²) >= 11 is 0. The Kier molecular flexibility index (Phi) is 2.78. The van der Waals surface area contributed by atoms with E-state index in [1.165, 1.54) is 6.20 Å². The van der Waals surface area contributed by atoms with Gasteiger partial charge in [-0.05, 0) is 25.3 Å². The fraction of sp³-hybridized carbons (Fsp3) is 0.455. The Morgan fingerprint density at radius 1 is 1.38 bits per heavy atom. The van der Waals surface area contributed by atoms with Crippen LogP contribution in [0.25, 0.3) is 0 Å². The molecular weight excluding hydrogens is 217 g/mol. The Morgan fingerprint density at radius 2 is 2.12 bits per heavy atom. The molecule has 0 amide bonds. The number of aromatic nitrogens is 1. The van der Waals surface area contributed by atoms with Crippen molar-refractivity contribution in [3.63, 3.8) is 0 Å². The van der Waals surface area contributed by atoms with Crippen LogP contribution in [-0.2, 0) is 6.18 Å². The number of pyridine rings is 1. The number of anilines is 1. The van der Waals surface area contributed by atoms with Crippen LogP contribution in [0, 0.1) is 12.8 Å². The van der Waals surface area contributed by atoms with E-state index < -0.39 is 11.7 Å². The van der Waals surface area contributed by atoms with Crippen molar-refractivity contribution in [2.75, 3.05) is 18.0 Å². The highest BCUT2D eigenvalue weighted by atomic mass is 19.4. The molecule has 2 heterocycles. The average molecular weight is 229 g/mol. The van der Waals surface area contributed by atoms with Crippen LogP contribution in [0.15, 0.2) is 18.5 Å². The molecule has 5 heteroatoms. The van der Waals surface area contributed by atoms with E-state index in [0.717, 1.165) is 25.2 Å². The van der Waals surface area contributed by atoms with Crippen LogP contribution < -0.4 is 4.90 Å². The summed E-state index contributed by atoms with van der Waals surface area (Å²) < 4.78 is 37.4. The van der Waals surface area contributed by atoms with Gasteiger partial charge < -0.3 is 4.90 Å². The molecule has 1 saturated heterocycles. The molecule has 1 aliphatic heterocycles. The van der Waals surface area contributed by atoms with Crippen molar-refractivity contribution < 1.29 is 13.2 Å². The lowest BCUT2D eigenvalue weighted by molar-refractivity contribution is -0.137. The molecule has 0 aliphatic carbocycles. The van der Waals surface area contributed by atoms with Crippen molar-refractivity contribution in [1.82, 2.24) is 4.98 Å². The highest BCUT2D eigenvalue weighted by Crippen LogP contribution is 2.32. The van der Waals surface area contributed by atoms with Gasteiger partial charge in [0.2, 0.25) is 0 Å². The van der Waals surface area contributed by atoms with Gasteiger partial charge in [0.15, 0.2) is 0 Å². The molecule has 1 aromatic rings. The molecule has 0 aromatic carbocycles. The van der Waals surface area contributed by atoms with E-state index in [0.29, 0.717) is 12.2 Å². The molecule has 2 nitrogen and oxygen atoms in total. The van der Waals surface area contributed by atoms with E-state index in [2.05, 4.69) is 11.9 Å². The summed E-state index contributed by atoms with van der Waals surface area (Å²) in [6.45, 7) is 5.34. The van der Waals surface area contributed by atoms with Gasteiger partial charge in [0, 0.05) is 19.3 Å². The number of nitrogens with zero attached hydrogens (tertiary/aromatic N) is 2. The number of hydrogen-bond acceptors (Lipinski definition) is 2. The fourth-order valence-electron chi connectivity index (χ4n) is 1.82. The number of halogens is 3. The van der Waals surface area contributed by atoms with Crippen LogP contribution in [0.3, 0.4) is 0 Å². The highest BCUT2D eigenvalue weighted by Gasteiger charge is 2.32. The average Bonchev–Trinajstić information content (AvgIpc) is 2.64. The Hall–Kier alpha value is -1.26. The maximum absolute atomic E-state index is 12.5. The molecule has 1 aliphatic rings. The van der Waals surface area contributed by atoms with Crippen molar-refractivity contribution in [3.05, 3.63) is 30.9 Å². The van der Waals surface area contributed by atoms with Gasteiger partial charge in [-0.3, -0.25) is 4.98 Å². The van der Waals surface area contributed by atoms with E-state index in [1.807, 2.05) is 4.90 Å². The second-order valence-electron chi connectivity index (χ2n) is 4.03. The molecule has 1 aromatic heterocycles. The van der Waals surface area contributed by atoms with Crippen molar-refractivity contribution in [3.8, 4) is 0 Å². The lowest BCUT2D eigenvalue weighted by Crippen LogP contribution is -2.20. The Labute approximate surface area is 92.1 Å². The third-order valence-corrected chi connectivity index (χ3v) is 2.70. The zero-order valence-corrected chi connectivity index (χ0v) is 8.67. The second kappa shape index (κ2) is 3.96. The van der Waals surface area contributed by atoms with Crippen LogP contribution in [0.4, 0.5) is 18.9 Å². The largest absolute Gasteiger partial charge is 0.417 e. The summed E-state index contributed by atoms with van der Waals surface area (Å²) in [7, 11) is 0. The molecule has 0 bridgehead atoms. The van der Waals surface area contributed by atoms with Gasteiger partial charge in [0.1, 0.15) is 0 Å². The normalized spacial score (nSPS) is 21.5. The molecule has 87 valence electrons. The highest BCUT2D eigenvalue weighted by molar-refractivity contribution is 5.47. The van der Waals surface area contributed by atoms with Crippen molar-refractivity contribution in [1.29, 1.82) is 0 Å². The van der Waals surface area contributed by atoms with Gasteiger partial charge in [0.05, 0.1) is 17.4 Å². The maximum Gasteiger partial charge on any atom is 0.417 e. The van der Waals surface area contributed by atoms with Gasteiger partial charge in [-0.1, -0.05) is 0 Å². The van der Waals surface area contributed by atoms with E-state index in [4.69, 9.17) is 0 Å². The summed E-state index contributed by atoms with van der Waals surface area (Å²) in [6.07, 6.45) is -1.10. The minimum atomic E-state index is -4.33. The predicted octanol–water partition coefficient (Wildman–Crippen LogP) is 2.76. The third-order valence-electron chi connectivity index (χ3n) is 2.70. The van der Waals surface area contributed by atoms with Crippen molar-refractivity contribution >= 4 is 5.69 Å². The summed E-state index contributed by atoms with van der Waals surface area (Å²) in [5.41, 5.74) is -0.168.